The molecule has 0 heterocycles. The van der Waals surface area contributed by atoms with Gasteiger partial charge in [0.1, 0.15) is 11.2 Å². The van der Waals surface area contributed by atoms with E-state index < -0.39 is 0 Å². The van der Waals surface area contributed by atoms with Crippen molar-refractivity contribution in [3.63, 3.8) is 0 Å². The molecule has 0 fully saturated rings. The maximum absolute atomic E-state index is 5.54. The van der Waals surface area contributed by atoms with E-state index in [1.54, 1.807) is 0 Å². The number of hydrogen-bond acceptors (Lipinski definition) is 2. The van der Waals surface area contributed by atoms with E-state index in [9.17, 15) is 0 Å². The molecule has 0 aliphatic rings. The molecule has 1 atom stereocenters. The van der Waals surface area contributed by atoms with Crippen LogP contribution in [0.5, 0.6) is 0 Å². The van der Waals surface area contributed by atoms with Gasteiger partial charge in [-0.1, -0.05) is 103 Å². The van der Waals surface area contributed by atoms with Gasteiger partial charge in [-0.15, -0.1) is 0 Å². The van der Waals surface area contributed by atoms with E-state index in [1.807, 2.05) is 97.2 Å². The lowest BCUT2D eigenvalue weighted by Gasteiger charge is -2.17. The van der Waals surface area contributed by atoms with Crippen molar-refractivity contribution >= 4 is 23.4 Å². The second-order valence-electron chi connectivity index (χ2n) is 5.34. The third-order valence-electron chi connectivity index (χ3n) is 3.59. The van der Waals surface area contributed by atoms with E-state index in [-0.39, 0.29) is 6.17 Å². The molecule has 0 bridgehead atoms. The number of hydrogen-bond donors (Lipinski definition) is 1. The standard InChI is InChI=1S/C21H18N2S/c24-21(19-14-8-3-9-15-19)23-20(18-12-6-2-7-13-18)22-16-17-10-4-1-5-11-17/h1-16,20H,(H,23,24)/b22-16+. The van der Waals surface area contributed by atoms with E-state index in [4.69, 9.17) is 17.2 Å². The van der Waals surface area contributed by atoms with Gasteiger partial charge in [-0.05, 0) is 11.1 Å². The third-order valence-corrected chi connectivity index (χ3v) is 3.94. The molecule has 0 radical (unpaired) electrons. The van der Waals surface area contributed by atoms with E-state index >= 15 is 0 Å². The van der Waals surface area contributed by atoms with Crippen molar-refractivity contribution in [2.45, 2.75) is 6.17 Å². The zero-order valence-corrected chi connectivity index (χ0v) is 14.0. The third kappa shape index (κ3) is 4.37. The van der Waals surface area contributed by atoms with Crippen LogP contribution in [0.1, 0.15) is 22.9 Å². The SMILES string of the molecule is S=C(NC(/N=C/c1ccccc1)c1ccccc1)c1ccccc1. The van der Waals surface area contributed by atoms with E-state index in [2.05, 4.69) is 5.32 Å². The molecule has 3 heteroatoms. The van der Waals surface area contributed by atoms with E-state index in [0.29, 0.717) is 4.99 Å². The summed E-state index contributed by atoms with van der Waals surface area (Å²) in [6.07, 6.45) is 1.65. The maximum Gasteiger partial charge on any atom is 0.145 e. The lowest BCUT2D eigenvalue weighted by Crippen LogP contribution is -2.26. The Labute approximate surface area is 147 Å². The number of thiocarbonyl (C=S) groups is 1. The molecule has 2 nitrogen and oxygen atoms in total. The Balaban J connectivity index is 1.83. The minimum Gasteiger partial charge on any atom is -0.351 e. The molecule has 3 aromatic rings. The Morgan fingerprint density at radius 2 is 1.33 bits per heavy atom. The second kappa shape index (κ2) is 8.18. The van der Waals surface area contributed by atoms with Gasteiger partial charge in [0.15, 0.2) is 0 Å². The van der Waals surface area contributed by atoms with Crippen LogP contribution in [0.2, 0.25) is 0 Å². The predicted molar refractivity (Wildman–Crippen MR) is 104 cm³/mol. The Hall–Kier alpha value is -2.78. The summed E-state index contributed by atoms with van der Waals surface area (Å²) in [6.45, 7) is 0. The van der Waals surface area contributed by atoms with Gasteiger partial charge in [0.05, 0.1) is 0 Å². The lowest BCUT2D eigenvalue weighted by atomic mass is 10.1. The molecule has 1 N–H and O–H groups in total. The van der Waals surface area contributed by atoms with Gasteiger partial charge in [0.25, 0.3) is 0 Å². The summed E-state index contributed by atoms with van der Waals surface area (Å²) in [5.41, 5.74) is 3.12. The first-order valence-electron chi connectivity index (χ1n) is 7.82. The highest BCUT2D eigenvalue weighted by Gasteiger charge is 2.11. The first-order valence-corrected chi connectivity index (χ1v) is 8.23. The summed E-state index contributed by atoms with van der Waals surface area (Å²) in [7, 11) is 0. The molecule has 3 rings (SSSR count). The Kier molecular flexibility index (Phi) is 5.48. The fourth-order valence-electron chi connectivity index (χ4n) is 2.34. The summed E-state index contributed by atoms with van der Waals surface area (Å²) in [5, 5.41) is 3.35. The number of nitrogens with one attached hydrogen (secondary N) is 1. The number of aliphatic imine (C=N–C) groups is 1. The van der Waals surface area contributed by atoms with Crippen LogP contribution in [0.3, 0.4) is 0 Å². The predicted octanol–water partition coefficient (Wildman–Crippen LogP) is 4.77. The van der Waals surface area contributed by atoms with Gasteiger partial charge in [0.2, 0.25) is 0 Å². The summed E-state index contributed by atoms with van der Waals surface area (Å²) in [4.78, 5) is 5.40. The molecule has 0 amide bonds. The van der Waals surface area contributed by atoms with Crippen molar-refractivity contribution in [3.05, 3.63) is 108 Å². The summed E-state index contributed by atoms with van der Waals surface area (Å²) >= 11 is 5.54. The molecule has 0 aliphatic heterocycles. The topological polar surface area (TPSA) is 24.4 Å². The second-order valence-corrected chi connectivity index (χ2v) is 5.75. The minimum atomic E-state index is -0.223. The van der Waals surface area contributed by atoms with Crippen molar-refractivity contribution in [2.24, 2.45) is 4.99 Å². The van der Waals surface area contributed by atoms with Crippen LogP contribution in [-0.2, 0) is 0 Å². The molecular weight excluding hydrogens is 312 g/mol. The zero-order valence-electron chi connectivity index (χ0n) is 13.2. The van der Waals surface area contributed by atoms with Crippen LogP contribution in [0, 0.1) is 0 Å². The summed E-state index contributed by atoms with van der Waals surface area (Å²) in [6, 6.07) is 30.1. The quantitative estimate of drug-likeness (QED) is 0.538. The average Bonchev–Trinajstić information content (AvgIpc) is 2.67. The van der Waals surface area contributed by atoms with Gasteiger partial charge < -0.3 is 5.32 Å². The first-order chi connectivity index (χ1) is 11.8. The highest BCUT2D eigenvalue weighted by molar-refractivity contribution is 7.80. The van der Waals surface area contributed by atoms with Crippen LogP contribution < -0.4 is 5.32 Å². The highest BCUT2D eigenvalue weighted by Crippen LogP contribution is 2.15. The van der Waals surface area contributed by atoms with Crippen molar-refractivity contribution < 1.29 is 0 Å². The molecule has 118 valence electrons. The summed E-state index contributed by atoms with van der Waals surface area (Å²) < 4.78 is 0. The monoisotopic (exact) mass is 330 g/mol. The van der Waals surface area contributed by atoms with Crippen LogP contribution in [-0.4, -0.2) is 11.2 Å². The molecular formula is C21H18N2S. The Bertz CT molecular complexity index is 799. The lowest BCUT2D eigenvalue weighted by molar-refractivity contribution is 0.694. The molecule has 0 spiro atoms. The van der Waals surface area contributed by atoms with E-state index in [1.165, 1.54) is 0 Å². The van der Waals surface area contributed by atoms with E-state index in [0.717, 1.165) is 16.7 Å². The largest absolute Gasteiger partial charge is 0.351 e. The van der Waals surface area contributed by atoms with Gasteiger partial charge in [0, 0.05) is 11.8 Å². The molecule has 0 saturated heterocycles. The number of nitrogens with zero attached hydrogens (tertiary/aromatic N) is 1. The molecule has 24 heavy (non-hydrogen) atoms. The minimum absolute atomic E-state index is 0.223. The van der Waals surface area contributed by atoms with Crippen molar-refractivity contribution in [2.75, 3.05) is 0 Å². The summed E-state index contributed by atoms with van der Waals surface area (Å²) in [5.74, 6) is 0. The van der Waals surface area contributed by atoms with Crippen LogP contribution in [0.4, 0.5) is 0 Å². The number of rotatable bonds is 5. The Morgan fingerprint density at radius 1 is 0.792 bits per heavy atom. The number of benzene rings is 3. The normalized spacial score (nSPS) is 12.0. The first kappa shape index (κ1) is 16.1. The van der Waals surface area contributed by atoms with Gasteiger partial charge in [-0.3, -0.25) is 4.99 Å². The molecule has 0 aromatic heterocycles. The van der Waals surface area contributed by atoms with Crippen molar-refractivity contribution in [3.8, 4) is 0 Å². The average molecular weight is 330 g/mol. The Morgan fingerprint density at radius 3 is 1.96 bits per heavy atom. The molecule has 1 unspecified atom stereocenters. The van der Waals surface area contributed by atoms with Crippen molar-refractivity contribution in [1.29, 1.82) is 0 Å². The van der Waals surface area contributed by atoms with Gasteiger partial charge in [-0.25, -0.2) is 0 Å². The molecule has 3 aromatic carbocycles. The van der Waals surface area contributed by atoms with Crippen LogP contribution >= 0.6 is 12.2 Å². The van der Waals surface area contributed by atoms with Gasteiger partial charge >= 0.3 is 0 Å². The maximum atomic E-state index is 5.54. The zero-order chi connectivity index (χ0) is 16.6. The fourth-order valence-corrected chi connectivity index (χ4v) is 2.59. The van der Waals surface area contributed by atoms with Crippen LogP contribution in [0.15, 0.2) is 96.0 Å². The highest BCUT2D eigenvalue weighted by atomic mass is 32.1. The molecule has 0 aliphatic carbocycles. The molecule has 0 saturated carbocycles. The smallest absolute Gasteiger partial charge is 0.145 e. The fraction of sp³-hybridized carbons (Fsp3) is 0.0476. The van der Waals surface area contributed by atoms with Crippen LogP contribution in [0.25, 0.3) is 0 Å². The van der Waals surface area contributed by atoms with Gasteiger partial charge in [-0.2, -0.15) is 0 Å². The van der Waals surface area contributed by atoms with Crippen molar-refractivity contribution in [1.82, 2.24) is 5.32 Å².